The third kappa shape index (κ3) is 2.89. The van der Waals surface area contributed by atoms with E-state index in [0.717, 1.165) is 11.4 Å². The number of nitro groups is 1. The Balaban J connectivity index is 1.92. The number of nitrogens with one attached hydrogen (secondary N) is 2. The molecule has 0 spiro atoms. The minimum absolute atomic E-state index is 0.0442. The highest BCUT2D eigenvalue weighted by atomic mass is 16.6. The monoisotopic (exact) mass is 247 g/mol. The Bertz CT molecular complexity index is 509. The second-order valence-electron chi connectivity index (χ2n) is 3.90. The molecule has 7 nitrogen and oxygen atoms in total. The van der Waals surface area contributed by atoms with Crippen molar-refractivity contribution < 1.29 is 4.92 Å². The van der Waals surface area contributed by atoms with E-state index in [9.17, 15) is 10.1 Å². The van der Waals surface area contributed by atoms with Crippen LogP contribution in [0.4, 0.5) is 5.69 Å². The third-order valence-corrected chi connectivity index (χ3v) is 2.60. The van der Waals surface area contributed by atoms with Crippen molar-refractivity contribution in [1.82, 2.24) is 20.5 Å². The first kappa shape index (κ1) is 12.2. The lowest BCUT2D eigenvalue weighted by molar-refractivity contribution is -0.384. The molecule has 0 saturated heterocycles. The molecule has 1 atom stereocenters. The molecule has 1 aromatic carbocycles. The molecule has 0 fully saturated rings. The number of non-ortho nitro benzene ring substituents is 1. The lowest BCUT2D eigenvalue weighted by Gasteiger charge is -2.10. The van der Waals surface area contributed by atoms with Crippen molar-refractivity contribution in [3.63, 3.8) is 0 Å². The molecule has 1 aromatic heterocycles. The van der Waals surface area contributed by atoms with Gasteiger partial charge >= 0.3 is 0 Å². The Hall–Kier alpha value is -2.28. The minimum atomic E-state index is -0.408. The summed E-state index contributed by atoms with van der Waals surface area (Å²) in [5.41, 5.74) is 1.08. The van der Waals surface area contributed by atoms with Crippen LogP contribution in [0.25, 0.3) is 0 Å². The van der Waals surface area contributed by atoms with Gasteiger partial charge in [-0.05, 0) is 12.5 Å². The largest absolute Gasteiger partial charge is 0.303 e. The fourth-order valence-electron chi connectivity index (χ4n) is 1.53. The van der Waals surface area contributed by atoms with Gasteiger partial charge in [0, 0.05) is 18.7 Å². The summed E-state index contributed by atoms with van der Waals surface area (Å²) in [6, 6.07) is 6.51. The summed E-state index contributed by atoms with van der Waals surface area (Å²) >= 11 is 0. The van der Waals surface area contributed by atoms with Crippen LogP contribution < -0.4 is 5.32 Å². The smallest absolute Gasteiger partial charge is 0.269 e. The molecule has 0 aliphatic rings. The van der Waals surface area contributed by atoms with Gasteiger partial charge in [0.25, 0.3) is 5.69 Å². The van der Waals surface area contributed by atoms with E-state index in [4.69, 9.17) is 0 Å². The van der Waals surface area contributed by atoms with Gasteiger partial charge in [0.1, 0.15) is 12.2 Å². The first-order valence-electron chi connectivity index (χ1n) is 5.49. The fourth-order valence-corrected chi connectivity index (χ4v) is 1.53. The molecule has 7 heteroatoms. The highest BCUT2D eigenvalue weighted by Gasteiger charge is 2.08. The summed E-state index contributed by atoms with van der Waals surface area (Å²) in [4.78, 5) is 14.1. The molecule has 2 aromatic rings. The summed E-state index contributed by atoms with van der Waals surface area (Å²) in [5.74, 6) is 0.761. The maximum Gasteiger partial charge on any atom is 0.269 e. The van der Waals surface area contributed by atoms with Gasteiger partial charge in [0.05, 0.1) is 11.0 Å². The Morgan fingerprint density at radius 2 is 2.17 bits per heavy atom. The quantitative estimate of drug-likeness (QED) is 0.617. The Kier molecular flexibility index (Phi) is 3.63. The molecule has 0 radical (unpaired) electrons. The van der Waals surface area contributed by atoms with Crippen LogP contribution in [0, 0.1) is 10.1 Å². The number of aromatic amines is 1. The number of benzene rings is 1. The molecule has 18 heavy (non-hydrogen) atoms. The van der Waals surface area contributed by atoms with E-state index in [2.05, 4.69) is 20.5 Å². The van der Waals surface area contributed by atoms with Crippen LogP contribution in [0.15, 0.2) is 30.6 Å². The van der Waals surface area contributed by atoms with Gasteiger partial charge in [-0.3, -0.25) is 15.2 Å². The van der Waals surface area contributed by atoms with Gasteiger partial charge in [-0.15, -0.1) is 0 Å². The number of rotatable bonds is 5. The zero-order valence-electron chi connectivity index (χ0n) is 9.83. The van der Waals surface area contributed by atoms with Gasteiger partial charge in [-0.25, -0.2) is 4.98 Å². The molecule has 94 valence electrons. The standard InChI is InChI=1S/C11H13N5O2/c1-8(11-13-7-14-15-11)12-6-9-2-4-10(5-3-9)16(17)18/h2-5,7-8,12H,6H2,1H3,(H,13,14,15). The maximum absolute atomic E-state index is 10.5. The van der Waals surface area contributed by atoms with E-state index < -0.39 is 4.92 Å². The van der Waals surface area contributed by atoms with Crippen molar-refractivity contribution in [3.8, 4) is 0 Å². The first-order valence-corrected chi connectivity index (χ1v) is 5.49. The van der Waals surface area contributed by atoms with Crippen LogP contribution in [-0.2, 0) is 6.54 Å². The number of H-pyrrole nitrogens is 1. The Morgan fingerprint density at radius 1 is 1.44 bits per heavy atom. The molecule has 0 bridgehead atoms. The van der Waals surface area contributed by atoms with Gasteiger partial charge in [0.2, 0.25) is 0 Å². The summed E-state index contributed by atoms with van der Waals surface area (Å²) in [6.07, 6.45) is 1.46. The number of nitrogens with zero attached hydrogens (tertiary/aromatic N) is 3. The summed E-state index contributed by atoms with van der Waals surface area (Å²) in [7, 11) is 0. The second kappa shape index (κ2) is 5.37. The second-order valence-corrected chi connectivity index (χ2v) is 3.90. The average molecular weight is 247 g/mol. The molecule has 0 aliphatic carbocycles. The Labute approximate surface area is 103 Å². The van der Waals surface area contributed by atoms with Crippen LogP contribution in [0.1, 0.15) is 24.4 Å². The molecular formula is C11H13N5O2. The lowest BCUT2D eigenvalue weighted by atomic mass is 10.2. The van der Waals surface area contributed by atoms with Gasteiger partial charge < -0.3 is 5.32 Å². The van der Waals surface area contributed by atoms with E-state index >= 15 is 0 Å². The van der Waals surface area contributed by atoms with Crippen LogP contribution in [0.2, 0.25) is 0 Å². The topological polar surface area (TPSA) is 96.7 Å². The third-order valence-electron chi connectivity index (χ3n) is 2.60. The van der Waals surface area contributed by atoms with Crippen molar-refractivity contribution in [2.75, 3.05) is 0 Å². The molecule has 2 N–H and O–H groups in total. The van der Waals surface area contributed by atoms with Gasteiger partial charge in [-0.1, -0.05) is 12.1 Å². The summed E-state index contributed by atoms with van der Waals surface area (Å²) < 4.78 is 0. The first-order chi connectivity index (χ1) is 8.66. The van der Waals surface area contributed by atoms with E-state index in [1.165, 1.54) is 18.5 Å². The highest BCUT2D eigenvalue weighted by molar-refractivity contribution is 5.32. The maximum atomic E-state index is 10.5. The molecule has 0 amide bonds. The molecule has 1 heterocycles. The summed E-state index contributed by atoms with van der Waals surface area (Å²) in [5, 5.41) is 20.3. The molecule has 0 saturated carbocycles. The predicted molar refractivity (Wildman–Crippen MR) is 64.7 cm³/mol. The number of aromatic nitrogens is 3. The van der Waals surface area contributed by atoms with Crippen molar-refractivity contribution in [1.29, 1.82) is 0 Å². The number of hydrogen-bond donors (Lipinski definition) is 2. The zero-order chi connectivity index (χ0) is 13.0. The minimum Gasteiger partial charge on any atom is -0.303 e. The van der Waals surface area contributed by atoms with Gasteiger partial charge in [0.15, 0.2) is 0 Å². The van der Waals surface area contributed by atoms with Crippen LogP contribution in [-0.4, -0.2) is 20.1 Å². The van der Waals surface area contributed by atoms with Crippen molar-refractivity contribution in [2.24, 2.45) is 0 Å². The van der Waals surface area contributed by atoms with Crippen LogP contribution >= 0.6 is 0 Å². The highest BCUT2D eigenvalue weighted by Crippen LogP contribution is 2.13. The van der Waals surface area contributed by atoms with E-state index in [1.54, 1.807) is 12.1 Å². The van der Waals surface area contributed by atoms with Crippen LogP contribution in [0.3, 0.4) is 0 Å². The van der Waals surface area contributed by atoms with Crippen molar-refractivity contribution >= 4 is 5.69 Å². The average Bonchev–Trinajstić information content (AvgIpc) is 2.90. The normalized spacial score (nSPS) is 12.3. The van der Waals surface area contributed by atoms with E-state index in [-0.39, 0.29) is 11.7 Å². The van der Waals surface area contributed by atoms with E-state index in [1.807, 2.05) is 6.92 Å². The SMILES string of the molecule is CC(NCc1ccc([N+](=O)[O-])cc1)c1ncn[nH]1. The van der Waals surface area contributed by atoms with Crippen molar-refractivity contribution in [2.45, 2.75) is 19.5 Å². The molecular weight excluding hydrogens is 234 g/mol. The van der Waals surface area contributed by atoms with Crippen LogP contribution in [0.5, 0.6) is 0 Å². The van der Waals surface area contributed by atoms with E-state index in [0.29, 0.717) is 6.54 Å². The van der Waals surface area contributed by atoms with Crippen molar-refractivity contribution in [3.05, 3.63) is 52.1 Å². The number of hydrogen-bond acceptors (Lipinski definition) is 5. The fraction of sp³-hybridized carbons (Fsp3) is 0.273. The Morgan fingerprint density at radius 3 is 2.72 bits per heavy atom. The lowest BCUT2D eigenvalue weighted by Crippen LogP contribution is -2.19. The van der Waals surface area contributed by atoms with Gasteiger partial charge in [-0.2, -0.15) is 5.10 Å². The zero-order valence-corrected chi connectivity index (χ0v) is 9.83. The number of nitro benzene ring substituents is 1. The predicted octanol–water partition coefficient (Wildman–Crippen LogP) is 1.56. The molecule has 2 rings (SSSR count). The molecule has 1 unspecified atom stereocenters. The molecule has 0 aliphatic heterocycles. The summed E-state index contributed by atoms with van der Waals surface area (Å²) in [6.45, 7) is 2.58.